The molecule has 4 heteroatoms. The predicted octanol–water partition coefficient (Wildman–Crippen LogP) is 12.6. The Morgan fingerprint density at radius 3 is 1.48 bits per heavy atom. The molecule has 0 saturated heterocycles. The van der Waals surface area contributed by atoms with E-state index in [-0.39, 0.29) is 0 Å². The summed E-state index contributed by atoms with van der Waals surface area (Å²) in [5, 5.41) is 3.63. The fourth-order valence-electron chi connectivity index (χ4n) is 7.35. The summed E-state index contributed by atoms with van der Waals surface area (Å²) < 4.78 is 4.76. The summed E-state index contributed by atoms with van der Waals surface area (Å²) in [6, 6.07) is 62.6. The minimum absolute atomic E-state index is 0.727. The van der Waals surface area contributed by atoms with E-state index >= 15 is 0 Å². The van der Waals surface area contributed by atoms with Gasteiger partial charge in [0, 0.05) is 43.1 Å². The lowest BCUT2D eigenvalue weighted by atomic mass is 9.91. The van der Waals surface area contributed by atoms with E-state index < -0.39 is 0 Å². The van der Waals surface area contributed by atoms with Crippen LogP contribution in [0.25, 0.3) is 92.7 Å². The largest absolute Gasteiger partial charge is 0.308 e. The van der Waals surface area contributed by atoms with E-state index in [1.165, 1.54) is 26.5 Å². The van der Waals surface area contributed by atoms with E-state index in [1.54, 1.807) is 11.3 Å². The van der Waals surface area contributed by atoms with Crippen molar-refractivity contribution in [1.29, 1.82) is 0 Å². The van der Waals surface area contributed by atoms with Gasteiger partial charge in [0.2, 0.25) is 0 Å². The Hall–Kier alpha value is -6.36. The molecular weight excluding hydrogens is 627 g/mol. The number of para-hydroxylation sites is 2. The van der Waals surface area contributed by atoms with E-state index in [0.29, 0.717) is 0 Å². The summed E-state index contributed by atoms with van der Waals surface area (Å²) in [4.78, 5) is 10.6. The van der Waals surface area contributed by atoms with Gasteiger partial charge in [0.25, 0.3) is 0 Å². The summed E-state index contributed by atoms with van der Waals surface area (Å²) in [5.41, 5.74) is 12.1. The molecule has 0 aliphatic rings. The van der Waals surface area contributed by atoms with Crippen LogP contribution < -0.4 is 0 Å². The minimum Gasteiger partial charge on any atom is -0.308 e. The number of rotatable bonds is 5. The van der Waals surface area contributed by atoms with E-state index in [0.717, 1.165) is 66.2 Å². The molecule has 3 nitrogen and oxygen atoms in total. The van der Waals surface area contributed by atoms with E-state index in [9.17, 15) is 0 Å². The van der Waals surface area contributed by atoms with Crippen LogP contribution in [0, 0.1) is 0 Å². The minimum atomic E-state index is 0.727. The topological polar surface area (TPSA) is 30.7 Å². The zero-order valence-corrected chi connectivity index (χ0v) is 27.8. The van der Waals surface area contributed by atoms with Gasteiger partial charge in [0.05, 0.1) is 32.6 Å². The van der Waals surface area contributed by atoms with Crippen molar-refractivity contribution in [2.75, 3.05) is 0 Å². The molecule has 0 atom stereocenters. The molecule has 0 radical (unpaired) electrons. The van der Waals surface area contributed by atoms with Gasteiger partial charge in [-0.2, -0.15) is 0 Å². The van der Waals surface area contributed by atoms with E-state index in [2.05, 4.69) is 174 Å². The lowest BCUT2D eigenvalue weighted by Gasteiger charge is -2.21. The van der Waals surface area contributed by atoms with E-state index in [1.807, 2.05) is 6.07 Å². The van der Waals surface area contributed by atoms with Crippen LogP contribution in [0.15, 0.2) is 176 Å². The van der Waals surface area contributed by atoms with Crippen molar-refractivity contribution in [3.63, 3.8) is 0 Å². The van der Waals surface area contributed by atoms with Crippen molar-refractivity contribution in [2.45, 2.75) is 0 Å². The molecule has 0 amide bonds. The second-order valence-electron chi connectivity index (χ2n) is 12.6. The Labute approximate surface area is 293 Å². The van der Waals surface area contributed by atoms with Crippen LogP contribution in [0.4, 0.5) is 0 Å². The van der Waals surface area contributed by atoms with Gasteiger partial charge in [0.1, 0.15) is 0 Å². The summed E-state index contributed by atoms with van der Waals surface area (Å²) in [5.74, 6) is 0.727. The SMILES string of the molecule is c1ccc(-c2nc(-c3cc(-c4ccccc4)c(-n4c5ccccc5c5ccccc54)c(-c4ccccc4)c3)c3sc4ccccc4c3n2)cc1. The van der Waals surface area contributed by atoms with Gasteiger partial charge in [-0.3, -0.25) is 0 Å². The normalized spacial score (nSPS) is 11.6. The highest BCUT2D eigenvalue weighted by atomic mass is 32.1. The molecule has 0 bridgehead atoms. The highest BCUT2D eigenvalue weighted by Crippen LogP contribution is 2.46. The maximum Gasteiger partial charge on any atom is 0.160 e. The van der Waals surface area contributed by atoms with Crippen molar-refractivity contribution in [3.8, 4) is 50.6 Å². The average Bonchev–Trinajstić information content (AvgIpc) is 3.74. The van der Waals surface area contributed by atoms with Crippen LogP contribution in [-0.2, 0) is 0 Å². The Balaban J connectivity index is 1.37. The third-order valence-electron chi connectivity index (χ3n) is 9.61. The molecule has 0 aliphatic carbocycles. The molecule has 10 aromatic rings. The number of hydrogen-bond donors (Lipinski definition) is 0. The van der Waals surface area contributed by atoms with Crippen molar-refractivity contribution >= 4 is 53.4 Å². The van der Waals surface area contributed by atoms with Gasteiger partial charge < -0.3 is 4.57 Å². The molecule has 0 N–H and O–H groups in total. The molecule has 0 unspecified atom stereocenters. The average molecular weight is 656 g/mol. The van der Waals surface area contributed by atoms with Gasteiger partial charge in [-0.05, 0) is 41.5 Å². The molecule has 0 spiro atoms. The third kappa shape index (κ3) is 4.57. The van der Waals surface area contributed by atoms with Crippen LogP contribution >= 0.6 is 11.3 Å². The first-order valence-corrected chi connectivity index (χ1v) is 17.7. The first-order chi connectivity index (χ1) is 24.8. The van der Waals surface area contributed by atoms with E-state index in [4.69, 9.17) is 9.97 Å². The third-order valence-corrected chi connectivity index (χ3v) is 10.8. The maximum atomic E-state index is 5.39. The number of fused-ring (bicyclic) bond motifs is 6. The second kappa shape index (κ2) is 11.7. The quantitative estimate of drug-likeness (QED) is 0.185. The predicted molar refractivity (Wildman–Crippen MR) is 211 cm³/mol. The summed E-state index contributed by atoms with van der Waals surface area (Å²) in [6.07, 6.45) is 0. The molecule has 234 valence electrons. The van der Waals surface area contributed by atoms with Gasteiger partial charge in [-0.15, -0.1) is 11.3 Å². The van der Waals surface area contributed by atoms with Crippen molar-refractivity contribution in [2.24, 2.45) is 0 Å². The molecule has 7 aromatic carbocycles. The molecule has 0 aliphatic heterocycles. The molecule has 10 rings (SSSR count). The Kier molecular flexibility index (Phi) is 6.68. The standard InChI is InChI=1S/C46H29N3S/c1-4-16-30(17-5-1)37-28-33(42-45-43(36-24-12-15-27-41(36)50-45)48-46(47-42)32-20-8-3-9-21-32)29-38(31-18-6-2-7-19-31)44(37)49-39-25-13-10-22-34(39)35-23-11-14-26-40(35)49/h1-29H. The number of benzene rings is 7. The highest BCUT2D eigenvalue weighted by Gasteiger charge is 2.23. The van der Waals surface area contributed by atoms with Crippen molar-refractivity contribution in [3.05, 3.63) is 176 Å². The van der Waals surface area contributed by atoms with Gasteiger partial charge in [-0.25, -0.2) is 9.97 Å². The fourth-order valence-corrected chi connectivity index (χ4v) is 8.51. The van der Waals surface area contributed by atoms with Crippen LogP contribution in [0.3, 0.4) is 0 Å². The monoisotopic (exact) mass is 655 g/mol. The molecular formula is C46H29N3S. The van der Waals surface area contributed by atoms with Gasteiger partial charge in [0.15, 0.2) is 5.82 Å². The Morgan fingerprint density at radius 1 is 0.420 bits per heavy atom. The van der Waals surface area contributed by atoms with Crippen LogP contribution in [0.5, 0.6) is 0 Å². The van der Waals surface area contributed by atoms with Gasteiger partial charge in [-0.1, -0.05) is 146 Å². The molecule has 50 heavy (non-hydrogen) atoms. The molecule has 3 heterocycles. The summed E-state index contributed by atoms with van der Waals surface area (Å²) >= 11 is 1.77. The number of nitrogens with zero attached hydrogens (tertiary/aromatic N) is 3. The van der Waals surface area contributed by atoms with Crippen LogP contribution in [-0.4, -0.2) is 14.5 Å². The second-order valence-corrected chi connectivity index (χ2v) is 13.6. The lowest BCUT2D eigenvalue weighted by molar-refractivity contribution is 1.18. The van der Waals surface area contributed by atoms with Crippen molar-refractivity contribution < 1.29 is 0 Å². The number of aromatic nitrogens is 3. The Morgan fingerprint density at radius 2 is 0.900 bits per heavy atom. The molecule has 0 fully saturated rings. The number of hydrogen-bond acceptors (Lipinski definition) is 3. The lowest BCUT2D eigenvalue weighted by Crippen LogP contribution is -2.02. The zero-order chi connectivity index (χ0) is 33.0. The molecule has 0 saturated carbocycles. The number of thiophene rings is 1. The summed E-state index contributed by atoms with van der Waals surface area (Å²) in [7, 11) is 0. The first-order valence-electron chi connectivity index (χ1n) is 16.8. The zero-order valence-electron chi connectivity index (χ0n) is 27.0. The van der Waals surface area contributed by atoms with Gasteiger partial charge >= 0.3 is 0 Å². The fraction of sp³-hybridized carbons (Fsp3) is 0. The molecule has 3 aromatic heterocycles. The maximum absolute atomic E-state index is 5.39. The summed E-state index contributed by atoms with van der Waals surface area (Å²) in [6.45, 7) is 0. The Bertz CT molecular complexity index is 2740. The first kappa shape index (κ1) is 28.6. The van der Waals surface area contributed by atoms with Crippen molar-refractivity contribution in [1.82, 2.24) is 14.5 Å². The highest BCUT2D eigenvalue weighted by molar-refractivity contribution is 7.26. The van der Waals surface area contributed by atoms with Crippen LogP contribution in [0.2, 0.25) is 0 Å². The smallest absolute Gasteiger partial charge is 0.160 e. The van der Waals surface area contributed by atoms with Crippen LogP contribution in [0.1, 0.15) is 0 Å².